The second-order valence-corrected chi connectivity index (χ2v) is 4.55. The molecule has 0 spiro atoms. The Hall–Kier alpha value is -1.70. The lowest BCUT2D eigenvalue weighted by atomic mass is 10.3. The van der Waals surface area contributed by atoms with Gasteiger partial charge in [-0.05, 0) is 29.8 Å². The molecule has 0 unspecified atom stereocenters. The van der Waals surface area contributed by atoms with Crippen molar-refractivity contribution < 1.29 is 32.2 Å². The van der Waals surface area contributed by atoms with E-state index in [-0.39, 0.29) is 22.6 Å². The molecule has 0 saturated heterocycles. The Labute approximate surface area is 127 Å². The van der Waals surface area contributed by atoms with Gasteiger partial charge in [-0.3, -0.25) is 0 Å². The van der Waals surface area contributed by atoms with Gasteiger partial charge in [0, 0.05) is 12.1 Å². The van der Waals surface area contributed by atoms with Crippen LogP contribution in [-0.2, 0) is 9.53 Å². The van der Waals surface area contributed by atoms with Crippen LogP contribution in [-0.4, -0.2) is 19.2 Å². The maximum absolute atomic E-state index is 13.6. The molecule has 0 aliphatic heterocycles. The van der Waals surface area contributed by atoms with Gasteiger partial charge in [-0.2, -0.15) is 8.78 Å². The lowest BCUT2D eigenvalue weighted by Gasteiger charge is -2.11. The Kier molecular flexibility index (Phi) is 6.54. The predicted molar refractivity (Wildman–Crippen MR) is 71.8 cm³/mol. The fourth-order valence-corrected chi connectivity index (χ4v) is 1.73. The molecule has 8 heteroatoms. The first-order chi connectivity index (χ1) is 9.83. The van der Waals surface area contributed by atoms with Gasteiger partial charge in [0.1, 0.15) is 11.5 Å². The van der Waals surface area contributed by atoms with Crippen molar-refractivity contribution in [3.8, 4) is 11.5 Å². The van der Waals surface area contributed by atoms with E-state index in [0.717, 1.165) is 18.2 Å². The van der Waals surface area contributed by atoms with E-state index in [0.29, 0.717) is 0 Å². The third-order valence-electron chi connectivity index (χ3n) is 2.08. The molecule has 1 aromatic carbocycles. The van der Waals surface area contributed by atoms with E-state index in [1.807, 2.05) is 0 Å². The van der Waals surface area contributed by atoms with Crippen molar-refractivity contribution in [2.45, 2.75) is 20.5 Å². The van der Waals surface area contributed by atoms with E-state index in [4.69, 9.17) is 4.74 Å². The summed E-state index contributed by atoms with van der Waals surface area (Å²) in [6.45, 7) is 0.185. The lowest BCUT2D eigenvalue weighted by Crippen LogP contribution is -2.05. The number of hydrogen-bond donors (Lipinski definition) is 0. The van der Waals surface area contributed by atoms with Gasteiger partial charge >= 0.3 is 12.6 Å². The van der Waals surface area contributed by atoms with Gasteiger partial charge < -0.3 is 14.2 Å². The Morgan fingerprint density at radius 3 is 2.62 bits per heavy atom. The number of hydrogen-bond acceptors (Lipinski definition) is 4. The zero-order valence-electron chi connectivity index (χ0n) is 11.2. The van der Waals surface area contributed by atoms with Gasteiger partial charge in [0.2, 0.25) is 0 Å². The Balaban J connectivity index is 2.90. The smallest absolute Gasteiger partial charge is 0.387 e. The highest BCUT2D eigenvalue weighted by atomic mass is 79.9. The standard InChI is InChI=1S/C13H12BrF3O4/c1-3-19-12(18)4-7(2)20-10-6-9(15)11(5-8(10)14)21-13(16)17/h4-6,13H,3H2,1-2H3/b7-4+. The van der Waals surface area contributed by atoms with Crippen LogP contribution in [0.5, 0.6) is 11.5 Å². The van der Waals surface area contributed by atoms with Crippen molar-refractivity contribution in [2.75, 3.05) is 6.61 Å². The number of carbonyl (C=O) groups is 1. The normalized spacial score (nSPS) is 11.5. The summed E-state index contributed by atoms with van der Waals surface area (Å²) in [6, 6.07) is 1.87. The fourth-order valence-electron chi connectivity index (χ4n) is 1.33. The van der Waals surface area contributed by atoms with Crippen molar-refractivity contribution in [3.05, 3.63) is 34.3 Å². The molecule has 0 aliphatic carbocycles. The highest BCUT2D eigenvalue weighted by molar-refractivity contribution is 9.10. The van der Waals surface area contributed by atoms with Crippen molar-refractivity contribution in [3.63, 3.8) is 0 Å². The molecule has 0 radical (unpaired) electrons. The first-order valence-electron chi connectivity index (χ1n) is 5.80. The lowest BCUT2D eigenvalue weighted by molar-refractivity contribution is -0.137. The zero-order chi connectivity index (χ0) is 16.0. The van der Waals surface area contributed by atoms with Gasteiger partial charge in [-0.15, -0.1) is 0 Å². The molecule has 0 saturated carbocycles. The summed E-state index contributed by atoms with van der Waals surface area (Å²) < 4.78 is 51.8. The molecule has 0 atom stereocenters. The molecule has 21 heavy (non-hydrogen) atoms. The van der Waals surface area contributed by atoms with Crippen LogP contribution < -0.4 is 9.47 Å². The summed E-state index contributed by atoms with van der Waals surface area (Å²) in [6.07, 6.45) is 1.08. The molecule has 0 fully saturated rings. The molecular weight excluding hydrogens is 357 g/mol. The van der Waals surface area contributed by atoms with E-state index in [1.54, 1.807) is 6.92 Å². The van der Waals surface area contributed by atoms with E-state index >= 15 is 0 Å². The number of ether oxygens (including phenoxy) is 3. The highest BCUT2D eigenvalue weighted by Gasteiger charge is 2.15. The van der Waals surface area contributed by atoms with Crippen molar-refractivity contribution in [1.29, 1.82) is 0 Å². The van der Waals surface area contributed by atoms with Gasteiger partial charge in [-0.25, -0.2) is 9.18 Å². The summed E-state index contributed by atoms with van der Waals surface area (Å²) in [4.78, 5) is 11.2. The summed E-state index contributed by atoms with van der Waals surface area (Å²) >= 11 is 3.04. The number of halogens is 4. The van der Waals surface area contributed by atoms with E-state index in [9.17, 15) is 18.0 Å². The van der Waals surface area contributed by atoms with Crippen LogP contribution in [0.15, 0.2) is 28.4 Å². The van der Waals surface area contributed by atoms with Crippen LogP contribution in [0.4, 0.5) is 13.2 Å². The highest BCUT2D eigenvalue weighted by Crippen LogP contribution is 2.33. The second kappa shape index (κ2) is 7.92. The second-order valence-electron chi connectivity index (χ2n) is 3.70. The summed E-state index contributed by atoms with van der Waals surface area (Å²) in [5.74, 6) is -2.08. The molecule has 0 aliphatic rings. The monoisotopic (exact) mass is 368 g/mol. The average Bonchev–Trinajstić information content (AvgIpc) is 2.34. The van der Waals surface area contributed by atoms with Crippen LogP contribution >= 0.6 is 15.9 Å². The topological polar surface area (TPSA) is 44.8 Å². The SMILES string of the molecule is CCOC(=O)/C=C(\C)Oc1cc(F)c(OC(F)F)cc1Br. The largest absolute Gasteiger partial charge is 0.463 e. The Morgan fingerprint density at radius 1 is 1.38 bits per heavy atom. The van der Waals surface area contributed by atoms with Crippen molar-refractivity contribution >= 4 is 21.9 Å². The van der Waals surface area contributed by atoms with Crippen LogP contribution in [0.2, 0.25) is 0 Å². The minimum Gasteiger partial charge on any atom is -0.463 e. The molecule has 0 heterocycles. The molecule has 1 aromatic rings. The average molecular weight is 369 g/mol. The van der Waals surface area contributed by atoms with Gasteiger partial charge in [0.05, 0.1) is 17.2 Å². The molecule has 0 aromatic heterocycles. The van der Waals surface area contributed by atoms with Crippen molar-refractivity contribution in [1.82, 2.24) is 0 Å². The minimum atomic E-state index is -3.14. The number of benzene rings is 1. The van der Waals surface area contributed by atoms with Crippen molar-refractivity contribution in [2.24, 2.45) is 0 Å². The molecule has 0 bridgehead atoms. The van der Waals surface area contributed by atoms with Gasteiger partial charge in [0.25, 0.3) is 0 Å². The fraction of sp³-hybridized carbons (Fsp3) is 0.308. The molecule has 1 rings (SSSR count). The minimum absolute atomic E-state index is 0.00663. The Morgan fingerprint density at radius 2 is 2.05 bits per heavy atom. The first kappa shape index (κ1) is 17.4. The molecule has 0 N–H and O–H groups in total. The summed E-state index contributed by atoms with van der Waals surface area (Å²) in [5.41, 5.74) is 0. The maximum Gasteiger partial charge on any atom is 0.387 e. The van der Waals surface area contributed by atoms with Gasteiger partial charge in [0.15, 0.2) is 11.6 Å². The van der Waals surface area contributed by atoms with Crippen LogP contribution in [0.3, 0.4) is 0 Å². The molecule has 4 nitrogen and oxygen atoms in total. The third kappa shape index (κ3) is 5.66. The Bertz CT molecular complexity index is 546. The first-order valence-corrected chi connectivity index (χ1v) is 6.59. The summed E-state index contributed by atoms with van der Waals surface area (Å²) in [7, 11) is 0. The number of esters is 1. The number of alkyl halides is 2. The van der Waals surface area contributed by atoms with Crippen LogP contribution in [0.1, 0.15) is 13.8 Å². The summed E-state index contributed by atoms with van der Waals surface area (Å²) in [5, 5.41) is 0. The predicted octanol–water partition coefficient (Wildman–Crippen LogP) is 4.04. The molecular formula is C13H12BrF3O4. The number of rotatable bonds is 6. The van der Waals surface area contributed by atoms with Gasteiger partial charge in [-0.1, -0.05) is 0 Å². The van der Waals surface area contributed by atoms with E-state index < -0.39 is 24.1 Å². The van der Waals surface area contributed by atoms with E-state index in [1.165, 1.54) is 6.92 Å². The van der Waals surface area contributed by atoms with Crippen LogP contribution in [0.25, 0.3) is 0 Å². The number of carbonyl (C=O) groups excluding carboxylic acids is 1. The van der Waals surface area contributed by atoms with E-state index in [2.05, 4.69) is 25.4 Å². The number of allylic oxidation sites excluding steroid dienone is 1. The molecule has 116 valence electrons. The quantitative estimate of drug-likeness (QED) is 0.432. The van der Waals surface area contributed by atoms with Crippen LogP contribution in [0, 0.1) is 5.82 Å². The third-order valence-corrected chi connectivity index (χ3v) is 2.70. The maximum atomic E-state index is 13.6. The molecule has 0 amide bonds. The zero-order valence-corrected chi connectivity index (χ0v) is 12.7.